The van der Waals surface area contributed by atoms with Gasteiger partial charge in [-0.25, -0.2) is 4.98 Å². The van der Waals surface area contributed by atoms with E-state index in [-0.39, 0.29) is 11.4 Å². The van der Waals surface area contributed by atoms with Crippen molar-refractivity contribution in [2.75, 3.05) is 5.73 Å². The molecule has 0 saturated carbocycles. The molecule has 0 aliphatic carbocycles. The molecular formula is C13H10N4O. The summed E-state index contributed by atoms with van der Waals surface area (Å²) in [5.41, 5.74) is 5.92. The van der Waals surface area contributed by atoms with E-state index in [1.54, 1.807) is 6.20 Å². The third-order valence-corrected chi connectivity index (χ3v) is 2.66. The molecule has 3 rings (SSSR count). The zero-order valence-corrected chi connectivity index (χ0v) is 9.42. The Morgan fingerprint density at radius 3 is 2.83 bits per heavy atom. The highest BCUT2D eigenvalue weighted by Crippen LogP contribution is 2.23. The first-order valence-corrected chi connectivity index (χ1v) is 5.45. The van der Waals surface area contributed by atoms with Crippen molar-refractivity contribution in [3.63, 3.8) is 0 Å². The van der Waals surface area contributed by atoms with Crippen molar-refractivity contribution in [3.8, 4) is 11.5 Å². The van der Waals surface area contributed by atoms with Gasteiger partial charge < -0.3 is 10.7 Å². The van der Waals surface area contributed by atoms with Crippen molar-refractivity contribution in [2.45, 2.75) is 0 Å². The van der Waals surface area contributed by atoms with Crippen LogP contribution in [0.15, 0.2) is 47.4 Å². The summed E-state index contributed by atoms with van der Waals surface area (Å²) in [6.07, 6.45) is 1.68. The largest absolute Gasteiger partial charge is 0.383 e. The minimum atomic E-state index is -0.285. The van der Waals surface area contributed by atoms with Gasteiger partial charge in [0.15, 0.2) is 5.82 Å². The van der Waals surface area contributed by atoms with Crippen LogP contribution in [0.25, 0.3) is 22.3 Å². The minimum absolute atomic E-state index is 0.184. The molecule has 5 nitrogen and oxygen atoms in total. The second-order valence-corrected chi connectivity index (χ2v) is 3.90. The Morgan fingerprint density at radius 2 is 2.00 bits per heavy atom. The summed E-state index contributed by atoms with van der Waals surface area (Å²) in [6, 6.07) is 10.9. The number of anilines is 1. The standard InChI is InChI=1S/C13H10N4O/c14-10-7-11(18)17-13(16-10)12-9-4-2-1-3-8(9)5-6-15-12/h1-7H,(H3,14,16,17,18). The van der Waals surface area contributed by atoms with E-state index in [1.807, 2.05) is 30.3 Å². The van der Waals surface area contributed by atoms with Crippen LogP contribution in [0.2, 0.25) is 0 Å². The smallest absolute Gasteiger partial charge is 0.253 e. The van der Waals surface area contributed by atoms with E-state index < -0.39 is 0 Å². The number of aromatic nitrogens is 3. The lowest BCUT2D eigenvalue weighted by atomic mass is 10.1. The van der Waals surface area contributed by atoms with Gasteiger partial charge in [-0.1, -0.05) is 24.3 Å². The average Bonchev–Trinajstić information content (AvgIpc) is 2.37. The third-order valence-electron chi connectivity index (χ3n) is 2.66. The van der Waals surface area contributed by atoms with Gasteiger partial charge in [0.05, 0.1) is 0 Å². The Hall–Kier alpha value is -2.69. The third kappa shape index (κ3) is 1.71. The van der Waals surface area contributed by atoms with Crippen molar-refractivity contribution < 1.29 is 0 Å². The highest BCUT2D eigenvalue weighted by molar-refractivity contribution is 5.92. The van der Waals surface area contributed by atoms with Gasteiger partial charge in [0.2, 0.25) is 0 Å². The molecular weight excluding hydrogens is 228 g/mol. The van der Waals surface area contributed by atoms with Crippen LogP contribution in [0.5, 0.6) is 0 Å². The van der Waals surface area contributed by atoms with Crippen LogP contribution in [0, 0.1) is 0 Å². The number of hydrogen-bond acceptors (Lipinski definition) is 4. The van der Waals surface area contributed by atoms with Crippen molar-refractivity contribution in [2.24, 2.45) is 0 Å². The molecule has 0 unspecified atom stereocenters. The number of aromatic amines is 1. The summed E-state index contributed by atoms with van der Waals surface area (Å²) in [4.78, 5) is 22.4. The maximum Gasteiger partial charge on any atom is 0.253 e. The summed E-state index contributed by atoms with van der Waals surface area (Å²) in [5, 5.41) is 1.96. The monoisotopic (exact) mass is 238 g/mol. The number of nitrogens with zero attached hydrogens (tertiary/aromatic N) is 2. The molecule has 0 aliphatic rings. The zero-order chi connectivity index (χ0) is 12.5. The Morgan fingerprint density at radius 1 is 1.17 bits per heavy atom. The maximum atomic E-state index is 11.4. The number of hydrogen-bond donors (Lipinski definition) is 2. The predicted octanol–water partition coefficient (Wildman–Crippen LogP) is 1.57. The lowest BCUT2D eigenvalue weighted by Crippen LogP contribution is -2.10. The molecule has 0 aliphatic heterocycles. The Kier molecular flexibility index (Phi) is 2.30. The summed E-state index contributed by atoms with van der Waals surface area (Å²) in [6.45, 7) is 0. The van der Waals surface area contributed by atoms with E-state index in [9.17, 15) is 4.79 Å². The van der Waals surface area contributed by atoms with Gasteiger partial charge >= 0.3 is 0 Å². The van der Waals surface area contributed by atoms with Gasteiger partial charge in [0, 0.05) is 17.6 Å². The molecule has 3 aromatic rings. The van der Waals surface area contributed by atoms with Gasteiger partial charge in [-0.15, -0.1) is 0 Å². The first-order chi connectivity index (χ1) is 8.74. The molecule has 0 fully saturated rings. The van der Waals surface area contributed by atoms with Crippen LogP contribution in [0.1, 0.15) is 0 Å². The van der Waals surface area contributed by atoms with E-state index in [4.69, 9.17) is 5.73 Å². The van der Waals surface area contributed by atoms with Crippen LogP contribution in [-0.2, 0) is 0 Å². The van der Waals surface area contributed by atoms with Crippen LogP contribution in [0.3, 0.4) is 0 Å². The first-order valence-electron chi connectivity index (χ1n) is 5.45. The fourth-order valence-electron chi connectivity index (χ4n) is 1.90. The van der Waals surface area contributed by atoms with Gasteiger partial charge in [0.25, 0.3) is 5.56 Å². The van der Waals surface area contributed by atoms with Crippen molar-refractivity contribution in [1.82, 2.24) is 15.0 Å². The lowest BCUT2D eigenvalue weighted by Gasteiger charge is -2.04. The maximum absolute atomic E-state index is 11.4. The highest BCUT2D eigenvalue weighted by Gasteiger charge is 2.07. The number of rotatable bonds is 1. The first kappa shape index (κ1) is 10.5. The second kappa shape index (κ2) is 3.96. The Labute approximate surface area is 102 Å². The summed E-state index contributed by atoms with van der Waals surface area (Å²) < 4.78 is 0. The summed E-state index contributed by atoms with van der Waals surface area (Å²) in [5.74, 6) is 0.570. The minimum Gasteiger partial charge on any atom is -0.383 e. The van der Waals surface area contributed by atoms with Crippen LogP contribution < -0.4 is 11.3 Å². The van der Waals surface area contributed by atoms with E-state index >= 15 is 0 Å². The summed E-state index contributed by atoms with van der Waals surface area (Å²) >= 11 is 0. The molecule has 0 saturated heterocycles. The highest BCUT2D eigenvalue weighted by atomic mass is 16.1. The normalized spacial score (nSPS) is 10.7. The molecule has 0 bridgehead atoms. The van der Waals surface area contributed by atoms with E-state index in [1.165, 1.54) is 6.07 Å². The number of nitrogens with two attached hydrogens (primary N) is 1. The number of fused-ring (bicyclic) bond motifs is 1. The topological polar surface area (TPSA) is 84.7 Å². The molecule has 2 aromatic heterocycles. The van der Waals surface area contributed by atoms with Gasteiger partial charge in [0.1, 0.15) is 11.5 Å². The molecule has 1 aromatic carbocycles. The number of pyridine rings is 1. The lowest BCUT2D eigenvalue weighted by molar-refractivity contribution is 1.12. The number of H-pyrrole nitrogens is 1. The molecule has 0 amide bonds. The number of nitrogens with one attached hydrogen (secondary N) is 1. The average molecular weight is 238 g/mol. The molecule has 2 heterocycles. The molecule has 0 spiro atoms. The SMILES string of the molecule is Nc1cc(=O)[nH]c(-c2nccc3ccccc23)n1. The molecule has 0 atom stereocenters. The van der Waals surface area contributed by atoms with Crippen LogP contribution in [0.4, 0.5) is 5.82 Å². The van der Waals surface area contributed by atoms with Crippen LogP contribution >= 0.6 is 0 Å². The molecule has 3 N–H and O–H groups in total. The zero-order valence-electron chi connectivity index (χ0n) is 9.42. The quantitative estimate of drug-likeness (QED) is 0.673. The van der Waals surface area contributed by atoms with E-state index in [0.29, 0.717) is 11.5 Å². The molecule has 5 heteroatoms. The number of nitrogen functional groups attached to an aromatic ring is 1. The van der Waals surface area contributed by atoms with Crippen molar-refractivity contribution in [1.29, 1.82) is 0 Å². The Bertz CT molecular complexity index is 774. The van der Waals surface area contributed by atoms with E-state index in [2.05, 4.69) is 15.0 Å². The van der Waals surface area contributed by atoms with E-state index in [0.717, 1.165) is 10.8 Å². The summed E-state index contributed by atoms with van der Waals surface area (Å²) in [7, 11) is 0. The van der Waals surface area contributed by atoms with Gasteiger partial charge in [-0.2, -0.15) is 0 Å². The Balaban J connectivity index is 2.34. The van der Waals surface area contributed by atoms with Crippen molar-refractivity contribution >= 4 is 16.6 Å². The van der Waals surface area contributed by atoms with Crippen molar-refractivity contribution in [3.05, 3.63) is 52.9 Å². The molecule has 18 heavy (non-hydrogen) atoms. The second-order valence-electron chi connectivity index (χ2n) is 3.90. The fourth-order valence-corrected chi connectivity index (χ4v) is 1.90. The van der Waals surface area contributed by atoms with Gasteiger partial charge in [-0.05, 0) is 11.5 Å². The predicted molar refractivity (Wildman–Crippen MR) is 70.0 cm³/mol. The van der Waals surface area contributed by atoms with Crippen LogP contribution in [-0.4, -0.2) is 15.0 Å². The molecule has 0 radical (unpaired) electrons. The van der Waals surface area contributed by atoms with Gasteiger partial charge in [-0.3, -0.25) is 9.78 Å². The number of benzene rings is 1. The fraction of sp³-hybridized carbons (Fsp3) is 0. The molecule has 88 valence electrons.